The second-order valence-electron chi connectivity index (χ2n) is 5.99. The molecule has 0 radical (unpaired) electrons. The molecule has 2 rings (SSSR count). The van der Waals surface area contributed by atoms with Crippen molar-refractivity contribution in [3.63, 3.8) is 0 Å². The number of methoxy groups -OCH3 is 1. The van der Waals surface area contributed by atoms with E-state index in [2.05, 4.69) is 9.64 Å². The summed E-state index contributed by atoms with van der Waals surface area (Å²) in [7, 11) is 1.39. The molecule has 5 nitrogen and oxygen atoms in total. The summed E-state index contributed by atoms with van der Waals surface area (Å²) < 4.78 is 10.2. The minimum atomic E-state index is -0.222. The van der Waals surface area contributed by atoms with Crippen molar-refractivity contribution in [1.29, 1.82) is 0 Å². The highest BCUT2D eigenvalue weighted by Crippen LogP contribution is 2.15. The summed E-state index contributed by atoms with van der Waals surface area (Å²) in [5, 5.41) is 0. The highest BCUT2D eigenvalue weighted by molar-refractivity contribution is 5.99. The normalized spacial score (nSPS) is 20.0. The number of aryl methyl sites for hydroxylation is 1. The van der Waals surface area contributed by atoms with Crippen LogP contribution < -0.4 is 0 Å². The molecular formula is C18H25NO4. The summed E-state index contributed by atoms with van der Waals surface area (Å²) >= 11 is 0. The van der Waals surface area contributed by atoms with E-state index in [0.717, 1.165) is 18.7 Å². The molecule has 0 aliphatic carbocycles. The van der Waals surface area contributed by atoms with Crippen LogP contribution in [0.5, 0.6) is 0 Å². The Kier molecular flexibility index (Phi) is 6.30. The van der Waals surface area contributed by atoms with E-state index in [9.17, 15) is 9.59 Å². The van der Waals surface area contributed by atoms with Gasteiger partial charge in [-0.05, 0) is 25.8 Å². The molecule has 23 heavy (non-hydrogen) atoms. The number of carbonyl (C=O) groups is 2. The smallest absolute Gasteiger partial charge is 0.305 e. The molecule has 0 spiro atoms. The quantitative estimate of drug-likeness (QED) is 0.593. The number of hydrogen-bond donors (Lipinski definition) is 0. The molecule has 2 atom stereocenters. The monoisotopic (exact) mass is 319 g/mol. The van der Waals surface area contributed by atoms with Gasteiger partial charge in [0.15, 0.2) is 5.78 Å². The number of hydrogen-bond acceptors (Lipinski definition) is 5. The van der Waals surface area contributed by atoms with E-state index in [-0.39, 0.29) is 23.9 Å². The van der Waals surface area contributed by atoms with E-state index in [1.54, 1.807) is 0 Å². The summed E-state index contributed by atoms with van der Waals surface area (Å²) in [4.78, 5) is 25.9. The van der Waals surface area contributed by atoms with E-state index in [4.69, 9.17) is 4.74 Å². The lowest BCUT2D eigenvalue weighted by Gasteiger charge is -2.34. The Morgan fingerprint density at radius 2 is 2.04 bits per heavy atom. The minimum Gasteiger partial charge on any atom is -0.469 e. The zero-order valence-electron chi connectivity index (χ0n) is 14.1. The zero-order valence-corrected chi connectivity index (χ0v) is 14.1. The molecule has 1 aromatic rings. The molecule has 1 aliphatic heterocycles. The fourth-order valence-electron chi connectivity index (χ4n) is 2.79. The Morgan fingerprint density at radius 3 is 2.65 bits per heavy atom. The lowest BCUT2D eigenvalue weighted by molar-refractivity contribution is -0.140. The molecule has 0 saturated carbocycles. The third-order valence-electron chi connectivity index (χ3n) is 4.28. The molecule has 1 aromatic carbocycles. The van der Waals surface area contributed by atoms with Crippen LogP contribution >= 0.6 is 0 Å². The molecule has 1 fully saturated rings. The van der Waals surface area contributed by atoms with Crippen molar-refractivity contribution >= 4 is 11.8 Å². The first kappa shape index (κ1) is 17.6. The number of Topliss-reactive ketones (excluding diaryl/α,β-unsaturated/α-hetero) is 1. The molecule has 5 heteroatoms. The molecule has 1 heterocycles. The maximum Gasteiger partial charge on any atom is 0.305 e. The lowest BCUT2D eigenvalue weighted by Crippen LogP contribution is -2.48. The third kappa shape index (κ3) is 4.88. The van der Waals surface area contributed by atoms with Crippen molar-refractivity contribution in [2.45, 2.75) is 38.8 Å². The second kappa shape index (κ2) is 8.22. The van der Waals surface area contributed by atoms with Crippen molar-refractivity contribution in [3.8, 4) is 0 Å². The Hall–Kier alpha value is -1.72. The number of ketones is 1. The number of rotatable bonds is 6. The van der Waals surface area contributed by atoms with Gasteiger partial charge in [-0.15, -0.1) is 0 Å². The van der Waals surface area contributed by atoms with Gasteiger partial charge in [0, 0.05) is 25.1 Å². The number of ether oxygens (including phenoxy) is 2. The standard InChI is InChI=1S/C18H25NO4/c1-13-12-19(10-11-23-13)14(2)18(21)16-7-4-15(5-8-16)6-9-17(20)22-3/h4-5,7-8,13-14H,6,9-12H2,1-3H3. The van der Waals surface area contributed by atoms with Gasteiger partial charge in [-0.3, -0.25) is 14.5 Å². The van der Waals surface area contributed by atoms with Gasteiger partial charge in [-0.25, -0.2) is 0 Å². The van der Waals surface area contributed by atoms with Gasteiger partial charge in [-0.1, -0.05) is 24.3 Å². The van der Waals surface area contributed by atoms with Crippen LogP contribution in [-0.2, 0) is 20.7 Å². The summed E-state index contributed by atoms with van der Waals surface area (Å²) in [5.74, 6) is -0.0983. The van der Waals surface area contributed by atoms with Gasteiger partial charge >= 0.3 is 5.97 Å². The molecule has 2 unspecified atom stereocenters. The number of carbonyl (C=O) groups excluding carboxylic acids is 2. The lowest BCUT2D eigenvalue weighted by atomic mass is 10.0. The predicted molar refractivity (Wildman–Crippen MR) is 87.6 cm³/mol. The van der Waals surface area contributed by atoms with Gasteiger partial charge in [0.2, 0.25) is 0 Å². The maximum absolute atomic E-state index is 12.6. The largest absolute Gasteiger partial charge is 0.469 e. The SMILES string of the molecule is COC(=O)CCc1ccc(C(=O)C(C)N2CCOC(C)C2)cc1. The van der Waals surface area contributed by atoms with Crippen molar-refractivity contribution < 1.29 is 19.1 Å². The van der Waals surface area contributed by atoms with Crippen LogP contribution in [0.1, 0.15) is 36.2 Å². The molecule has 0 N–H and O–H groups in total. The molecule has 1 aliphatic rings. The topological polar surface area (TPSA) is 55.8 Å². The van der Waals surface area contributed by atoms with Crippen molar-refractivity contribution in [1.82, 2.24) is 4.90 Å². The van der Waals surface area contributed by atoms with Crippen molar-refractivity contribution in [3.05, 3.63) is 35.4 Å². The summed E-state index contributed by atoms with van der Waals surface area (Å²) in [5.41, 5.74) is 1.73. The molecule has 0 amide bonds. The summed E-state index contributed by atoms with van der Waals surface area (Å²) in [6, 6.07) is 7.35. The van der Waals surface area contributed by atoms with Crippen molar-refractivity contribution in [2.75, 3.05) is 26.8 Å². The van der Waals surface area contributed by atoms with Crippen LogP contribution in [0.25, 0.3) is 0 Å². The average molecular weight is 319 g/mol. The average Bonchev–Trinajstić information content (AvgIpc) is 2.58. The third-order valence-corrected chi connectivity index (χ3v) is 4.28. The fraction of sp³-hybridized carbons (Fsp3) is 0.556. The summed E-state index contributed by atoms with van der Waals surface area (Å²) in [6.07, 6.45) is 1.14. The maximum atomic E-state index is 12.6. The molecule has 0 bridgehead atoms. The van der Waals surface area contributed by atoms with E-state index in [1.165, 1.54) is 7.11 Å². The van der Waals surface area contributed by atoms with Gasteiger partial charge in [0.25, 0.3) is 0 Å². The highest BCUT2D eigenvalue weighted by atomic mass is 16.5. The fourth-order valence-corrected chi connectivity index (χ4v) is 2.79. The van der Waals surface area contributed by atoms with Gasteiger partial charge in [0.1, 0.15) is 0 Å². The molecular weight excluding hydrogens is 294 g/mol. The van der Waals surface area contributed by atoms with E-state index in [0.29, 0.717) is 25.0 Å². The Morgan fingerprint density at radius 1 is 1.35 bits per heavy atom. The highest BCUT2D eigenvalue weighted by Gasteiger charge is 2.26. The van der Waals surface area contributed by atoms with Crippen LogP contribution in [0, 0.1) is 0 Å². The van der Waals surface area contributed by atoms with Crippen LogP contribution in [0.3, 0.4) is 0 Å². The Balaban J connectivity index is 1.95. The number of nitrogens with zero attached hydrogens (tertiary/aromatic N) is 1. The Labute approximate surface area is 137 Å². The predicted octanol–water partition coefficient (Wildman–Crippen LogP) is 2.08. The van der Waals surface area contributed by atoms with E-state index < -0.39 is 0 Å². The molecule has 126 valence electrons. The Bertz CT molecular complexity index is 540. The first-order valence-corrected chi connectivity index (χ1v) is 8.07. The van der Waals surface area contributed by atoms with Crippen LogP contribution in [-0.4, -0.2) is 55.6 Å². The van der Waals surface area contributed by atoms with Crippen molar-refractivity contribution in [2.24, 2.45) is 0 Å². The van der Waals surface area contributed by atoms with Crippen LogP contribution in [0.2, 0.25) is 0 Å². The molecule has 1 saturated heterocycles. The molecule has 0 aromatic heterocycles. The number of benzene rings is 1. The van der Waals surface area contributed by atoms with Gasteiger partial charge in [0.05, 0.1) is 25.9 Å². The zero-order chi connectivity index (χ0) is 16.8. The van der Waals surface area contributed by atoms with Crippen LogP contribution in [0.4, 0.5) is 0 Å². The van der Waals surface area contributed by atoms with Gasteiger partial charge < -0.3 is 9.47 Å². The second-order valence-corrected chi connectivity index (χ2v) is 5.99. The van der Waals surface area contributed by atoms with Gasteiger partial charge in [-0.2, -0.15) is 0 Å². The summed E-state index contributed by atoms with van der Waals surface area (Å²) in [6.45, 7) is 6.22. The minimum absolute atomic E-state index is 0.124. The number of morpholine rings is 1. The van der Waals surface area contributed by atoms with E-state index >= 15 is 0 Å². The first-order chi connectivity index (χ1) is 11.0. The van der Waals surface area contributed by atoms with E-state index in [1.807, 2.05) is 38.1 Å². The van der Waals surface area contributed by atoms with Crippen LogP contribution in [0.15, 0.2) is 24.3 Å². The first-order valence-electron chi connectivity index (χ1n) is 8.07. The number of esters is 1.